The fraction of sp³-hybridized carbons (Fsp3) is 0.625. The number of carboxylic acid groups (broad SMARTS) is 1. The van der Waals surface area contributed by atoms with Gasteiger partial charge in [-0.3, -0.25) is 9.59 Å². The molecule has 114 valence electrons. The second kappa shape index (κ2) is 6.18. The lowest BCUT2D eigenvalue weighted by molar-refractivity contribution is -0.142. The van der Waals surface area contributed by atoms with Gasteiger partial charge in [-0.25, -0.2) is 0 Å². The standard InChI is InChI=1S/C16H21NO3S/c18-15(14-9-10-5-4-8-13(10)21-14)17-12-7-3-1-2-6-11(12)16(19)20/h9,11-12H,1-8H2,(H,17,18)(H,19,20). The molecule has 0 saturated heterocycles. The fourth-order valence-electron chi connectivity index (χ4n) is 3.46. The normalized spacial score (nSPS) is 25.1. The van der Waals surface area contributed by atoms with Gasteiger partial charge in [0.25, 0.3) is 5.91 Å². The zero-order chi connectivity index (χ0) is 14.8. The van der Waals surface area contributed by atoms with E-state index in [1.165, 1.54) is 16.9 Å². The van der Waals surface area contributed by atoms with Gasteiger partial charge in [0.2, 0.25) is 0 Å². The summed E-state index contributed by atoms with van der Waals surface area (Å²) in [5.74, 6) is -1.31. The summed E-state index contributed by atoms with van der Waals surface area (Å²) in [6, 6.07) is 1.77. The minimum Gasteiger partial charge on any atom is -0.481 e. The molecule has 21 heavy (non-hydrogen) atoms. The number of carbonyl (C=O) groups excluding carboxylic acids is 1. The molecule has 1 aromatic rings. The molecular formula is C16H21NO3S. The maximum atomic E-state index is 12.4. The van der Waals surface area contributed by atoms with Gasteiger partial charge in [-0.15, -0.1) is 11.3 Å². The van der Waals surface area contributed by atoms with Crippen molar-refractivity contribution >= 4 is 23.2 Å². The van der Waals surface area contributed by atoms with E-state index in [1.807, 2.05) is 6.07 Å². The number of fused-ring (bicyclic) bond motifs is 1. The van der Waals surface area contributed by atoms with Gasteiger partial charge in [-0.1, -0.05) is 19.3 Å². The molecule has 2 unspecified atom stereocenters. The quantitative estimate of drug-likeness (QED) is 0.844. The molecule has 4 nitrogen and oxygen atoms in total. The molecule has 2 atom stereocenters. The number of nitrogens with one attached hydrogen (secondary N) is 1. The highest BCUT2D eigenvalue weighted by Gasteiger charge is 2.31. The molecule has 0 spiro atoms. The summed E-state index contributed by atoms with van der Waals surface area (Å²) in [6.07, 6.45) is 7.77. The SMILES string of the molecule is O=C(NC1CCCCCC1C(=O)O)c1cc2c(s1)CCC2. The first-order chi connectivity index (χ1) is 10.1. The van der Waals surface area contributed by atoms with Gasteiger partial charge in [0.15, 0.2) is 0 Å². The Morgan fingerprint density at radius 3 is 2.71 bits per heavy atom. The molecule has 1 heterocycles. The van der Waals surface area contributed by atoms with Crippen molar-refractivity contribution in [2.24, 2.45) is 5.92 Å². The Hall–Kier alpha value is -1.36. The van der Waals surface area contributed by atoms with Crippen LogP contribution in [0, 0.1) is 5.92 Å². The molecule has 1 fully saturated rings. The van der Waals surface area contributed by atoms with E-state index < -0.39 is 11.9 Å². The van der Waals surface area contributed by atoms with Crippen molar-refractivity contribution in [3.8, 4) is 0 Å². The van der Waals surface area contributed by atoms with Crippen LogP contribution in [0.15, 0.2) is 6.07 Å². The molecule has 2 aliphatic carbocycles. The third-order valence-corrected chi connectivity index (χ3v) is 5.86. The number of hydrogen-bond donors (Lipinski definition) is 2. The Kier molecular flexibility index (Phi) is 4.29. The van der Waals surface area contributed by atoms with Gasteiger partial charge in [0, 0.05) is 10.9 Å². The number of carbonyl (C=O) groups is 2. The van der Waals surface area contributed by atoms with E-state index in [-0.39, 0.29) is 11.9 Å². The molecule has 0 aliphatic heterocycles. The van der Waals surface area contributed by atoms with Crippen LogP contribution in [-0.2, 0) is 17.6 Å². The molecule has 0 bridgehead atoms. The minimum absolute atomic E-state index is 0.0902. The van der Waals surface area contributed by atoms with Gasteiger partial charge < -0.3 is 10.4 Å². The third kappa shape index (κ3) is 3.12. The molecule has 1 saturated carbocycles. The lowest BCUT2D eigenvalue weighted by atomic mass is 9.95. The van der Waals surface area contributed by atoms with Crippen molar-refractivity contribution in [1.82, 2.24) is 5.32 Å². The Bertz CT molecular complexity index is 530. The number of carboxylic acids is 1. The predicted molar refractivity (Wildman–Crippen MR) is 81.8 cm³/mol. The molecule has 2 N–H and O–H groups in total. The van der Waals surface area contributed by atoms with Crippen LogP contribution in [0.5, 0.6) is 0 Å². The second-order valence-electron chi connectivity index (χ2n) is 6.08. The fourth-order valence-corrected chi connectivity index (χ4v) is 4.61. The average molecular weight is 307 g/mol. The van der Waals surface area contributed by atoms with Crippen LogP contribution in [-0.4, -0.2) is 23.0 Å². The molecule has 3 rings (SSSR count). The first-order valence-electron chi connectivity index (χ1n) is 7.80. The first kappa shape index (κ1) is 14.6. The zero-order valence-corrected chi connectivity index (χ0v) is 12.9. The summed E-state index contributed by atoms with van der Waals surface area (Å²) in [7, 11) is 0. The number of aliphatic carboxylic acids is 1. The van der Waals surface area contributed by atoms with Crippen LogP contribution in [0.4, 0.5) is 0 Å². The van der Waals surface area contributed by atoms with E-state index in [1.54, 1.807) is 11.3 Å². The Balaban J connectivity index is 1.70. The topological polar surface area (TPSA) is 66.4 Å². The second-order valence-corrected chi connectivity index (χ2v) is 7.21. The van der Waals surface area contributed by atoms with Gasteiger partial charge in [-0.05, 0) is 43.7 Å². The summed E-state index contributed by atoms with van der Waals surface area (Å²) in [6.45, 7) is 0. The van der Waals surface area contributed by atoms with E-state index >= 15 is 0 Å². The number of aryl methyl sites for hydroxylation is 2. The van der Waals surface area contributed by atoms with Gasteiger partial charge in [-0.2, -0.15) is 0 Å². The smallest absolute Gasteiger partial charge is 0.308 e. The maximum absolute atomic E-state index is 12.4. The summed E-state index contributed by atoms with van der Waals surface area (Å²) in [5.41, 5.74) is 1.31. The molecular weight excluding hydrogens is 286 g/mol. The Labute approximate surface area is 128 Å². The summed E-state index contributed by atoms with van der Waals surface area (Å²) in [4.78, 5) is 25.9. The monoisotopic (exact) mass is 307 g/mol. The number of rotatable bonds is 3. The van der Waals surface area contributed by atoms with E-state index in [2.05, 4.69) is 5.32 Å². The van der Waals surface area contributed by atoms with Crippen molar-refractivity contribution in [2.75, 3.05) is 0 Å². The van der Waals surface area contributed by atoms with Crippen molar-refractivity contribution < 1.29 is 14.7 Å². The summed E-state index contributed by atoms with van der Waals surface area (Å²) < 4.78 is 0. The molecule has 1 aromatic heterocycles. The van der Waals surface area contributed by atoms with Gasteiger partial charge in [0.1, 0.15) is 0 Å². The molecule has 1 amide bonds. The Morgan fingerprint density at radius 2 is 1.95 bits per heavy atom. The van der Waals surface area contributed by atoms with Crippen LogP contribution < -0.4 is 5.32 Å². The highest BCUT2D eigenvalue weighted by Crippen LogP contribution is 2.31. The van der Waals surface area contributed by atoms with Crippen molar-refractivity contribution in [1.29, 1.82) is 0 Å². The molecule has 2 aliphatic rings. The third-order valence-electron chi connectivity index (χ3n) is 4.62. The largest absolute Gasteiger partial charge is 0.481 e. The van der Waals surface area contributed by atoms with Crippen LogP contribution in [0.2, 0.25) is 0 Å². The molecule has 0 aromatic carbocycles. The van der Waals surface area contributed by atoms with Crippen LogP contribution in [0.3, 0.4) is 0 Å². The highest BCUT2D eigenvalue weighted by molar-refractivity contribution is 7.14. The number of thiophene rings is 1. The summed E-state index contributed by atoms with van der Waals surface area (Å²) in [5, 5.41) is 12.3. The average Bonchev–Trinajstić information content (AvgIpc) is 2.95. The van der Waals surface area contributed by atoms with Crippen molar-refractivity contribution in [3.63, 3.8) is 0 Å². The highest BCUT2D eigenvalue weighted by atomic mass is 32.1. The molecule has 5 heteroatoms. The van der Waals surface area contributed by atoms with E-state index in [4.69, 9.17) is 0 Å². The Morgan fingerprint density at radius 1 is 1.14 bits per heavy atom. The van der Waals surface area contributed by atoms with E-state index in [0.29, 0.717) is 6.42 Å². The van der Waals surface area contributed by atoms with Crippen LogP contribution in [0.1, 0.15) is 58.6 Å². The lowest BCUT2D eigenvalue weighted by Crippen LogP contribution is -2.42. The number of amides is 1. The van der Waals surface area contributed by atoms with Crippen molar-refractivity contribution in [2.45, 2.75) is 57.4 Å². The molecule has 0 radical (unpaired) electrons. The predicted octanol–water partition coefficient (Wildman–Crippen LogP) is 3.00. The van der Waals surface area contributed by atoms with Gasteiger partial charge >= 0.3 is 5.97 Å². The van der Waals surface area contributed by atoms with Crippen LogP contribution in [0.25, 0.3) is 0 Å². The van der Waals surface area contributed by atoms with E-state index in [0.717, 1.165) is 43.4 Å². The lowest BCUT2D eigenvalue weighted by Gasteiger charge is -2.22. The van der Waals surface area contributed by atoms with Crippen LogP contribution >= 0.6 is 11.3 Å². The van der Waals surface area contributed by atoms with Crippen molar-refractivity contribution in [3.05, 3.63) is 21.4 Å². The zero-order valence-electron chi connectivity index (χ0n) is 12.1. The minimum atomic E-state index is -0.782. The van der Waals surface area contributed by atoms with E-state index in [9.17, 15) is 14.7 Å². The van der Waals surface area contributed by atoms with Gasteiger partial charge in [0.05, 0.1) is 10.8 Å². The number of hydrogen-bond acceptors (Lipinski definition) is 3. The summed E-state index contributed by atoms with van der Waals surface area (Å²) >= 11 is 1.57. The maximum Gasteiger partial charge on any atom is 0.308 e. The first-order valence-corrected chi connectivity index (χ1v) is 8.62.